The van der Waals surface area contributed by atoms with E-state index in [0.29, 0.717) is 6.04 Å². The zero-order valence-corrected chi connectivity index (χ0v) is 31.8. The highest BCUT2D eigenvalue weighted by Crippen LogP contribution is 2.41. The molecule has 0 saturated carbocycles. The lowest BCUT2D eigenvalue weighted by atomic mass is 9.72. The molecule has 9 heteroatoms. The van der Waals surface area contributed by atoms with Gasteiger partial charge in [0.25, 0.3) is 0 Å². The summed E-state index contributed by atoms with van der Waals surface area (Å²) >= 11 is 0. The average Bonchev–Trinajstić information content (AvgIpc) is 4.02. The second-order valence-electron chi connectivity index (χ2n) is 15.4. The summed E-state index contributed by atoms with van der Waals surface area (Å²) in [5.41, 5.74) is 1.93. The van der Waals surface area contributed by atoms with Crippen LogP contribution in [-0.4, -0.2) is 105 Å². The smallest absolute Gasteiger partial charge is 0.180 e. The van der Waals surface area contributed by atoms with Gasteiger partial charge in [0, 0.05) is 45.4 Å². The van der Waals surface area contributed by atoms with Gasteiger partial charge >= 0.3 is 0 Å². The molecule has 0 radical (unpaired) electrons. The van der Waals surface area contributed by atoms with Gasteiger partial charge in [0.2, 0.25) is 0 Å². The van der Waals surface area contributed by atoms with Gasteiger partial charge in [0.15, 0.2) is 6.39 Å². The largest absolute Gasteiger partial charge is 0.494 e. The summed E-state index contributed by atoms with van der Waals surface area (Å²) < 4.78 is 23.1. The summed E-state index contributed by atoms with van der Waals surface area (Å²) in [7, 11) is 0. The van der Waals surface area contributed by atoms with E-state index < -0.39 is 0 Å². The topological polar surface area (TPSA) is 87.2 Å². The van der Waals surface area contributed by atoms with Crippen LogP contribution in [0.1, 0.15) is 94.9 Å². The Hall–Kier alpha value is -3.42. The Morgan fingerprint density at radius 1 is 0.731 bits per heavy atom. The quantitative estimate of drug-likeness (QED) is 0.158. The number of aromatic nitrogens is 1. The Balaban J connectivity index is 0.000000179. The standard InChI is InChI=1S/C22H33N3O.C21H28N2O3/c1-19(2)25-15-10-22(18-23,11-16-25)20-6-8-21(9-7-20)26-17-5-14-24-12-3-4-13-24;1-2-11-23(10-1)12-3-13-25-19-6-4-18(5-7-19)21(8-14-24-15-9-21)20-16-22-17-26-20/h6-9,19H,3-5,10-17H2,1-2H3;4-7,16-17H,1-3,8-15H2. The third-order valence-electron chi connectivity index (χ3n) is 11.8. The van der Waals surface area contributed by atoms with Gasteiger partial charge in [-0.1, -0.05) is 24.3 Å². The average molecular weight is 712 g/mol. The maximum atomic E-state index is 9.86. The van der Waals surface area contributed by atoms with Crippen molar-refractivity contribution in [1.29, 1.82) is 5.26 Å². The molecule has 0 bridgehead atoms. The normalized spacial score (nSPS) is 20.7. The Labute approximate surface area is 312 Å². The summed E-state index contributed by atoms with van der Waals surface area (Å²) in [6.07, 6.45) is 14.6. The van der Waals surface area contributed by atoms with Crippen molar-refractivity contribution in [3.05, 3.63) is 78.0 Å². The Bertz CT molecular complexity index is 1480. The predicted octanol–water partition coefficient (Wildman–Crippen LogP) is 7.45. The van der Waals surface area contributed by atoms with Crippen molar-refractivity contribution in [2.24, 2.45) is 0 Å². The SMILES string of the molecule is CC(C)N1CCC(C#N)(c2ccc(OCCCN3CCCC3)cc2)CC1.c1ncc(C2(c3ccc(OCCCN4CCCC4)cc3)CCOCC2)o1. The molecule has 0 amide bonds. The highest BCUT2D eigenvalue weighted by atomic mass is 16.5. The number of benzene rings is 2. The van der Waals surface area contributed by atoms with Crippen molar-refractivity contribution < 1.29 is 18.6 Å². The van der Waals surface area contributed by atoms with Crippen LogP contribution in [0.3, 0.4) is 0 Å². The maximum Gasteiger partial charge on any atom is 0.180 e. The summed E-state index contributed by atoms with van der Waals surface area (Å²) in [5.74, 6) is 2.79. The third kappa shape index (κ3) is 9.96. The van der Waals surface area contributed by atoms with Gasteiger partial charge in [-0.05, 0) is 140 Å². The van der Waals surface area contributed by atoms with Crippen molar-refractivity contribution in [2.75, 3.05) is 78.8 Å². The second kappa shape index (κ2) is 19.1. The Kier molecular flexibility index (Phi) is 14.0. The molecular weight excluding hydrogens is 651 g/mol. The van der Waals surface area contributed by atoms with Crippen LogP contribution in [0.15, 0.2) is 65.5 Å². The summed E-state index contributed by atoms with van der Waals surface area (Å²) in [6.45, 7) is 16.8. The first-order valence-electron chi connectivity index (χ1n) is 20.0. The lowest BCUT2D eigenvalue weighted by Gasteiger charge is -2.39. The highest BCUT2D eigenvalue weighted by Gasteiger charge is 2.39. The molecule has 0 aliphatic carbocycles. The van der Waals surface area contributed by atoms with Crippen molar-refractivity contribution in [2.45, 2.75) is 94.9 Å². The number of piperidine rings is 1. The van der Waals surface area contributed by atoms with E-state index in [4.69, 9.17) is 18.6 Å². The van der Waals surface area contributed by atoms with E-state index >= 15 is 0 Å². The van der Waals surface area contributed by atoms with Gasteiger partial charge in [-0.2, -0.15) is 5.26 Å². The monoisotopic (exact) mass is 711 g/mol. The van der Waals surface area contributed by atoms with E-state index in [0.717, 1.165) is 114 Å². The number of rotatable bonds is 14. The molecule has 4 saturated heterocycles. The minimum absolute atomic E-state index is 0.136. The molecule has 52 heavy (non-hydrogen) atoms. The van der Waals surface area contributed by atoms with Crippen LogP contribution in [-0.2, 0) is 15.6 Å². The van der Waals surface area contributed by atoms with Crippen LogP contribution >= 0.6 is 0 Å². The molecule has 7 rings (SSSR count). The fourth-order valence-corrected chi connectivity index (χ4v) is 8.45. The van der Waals surface area contributed by atoms with Gasteiger partial charge in [-0.25, -0.2) is 4.98 Å². The van der Waals surface area contributed by atoms with Crippen LogP contribution in [0.5, 0.6) is 11.5 Å². The van der Waals surface area contributed by atoms with E-state index in [-0.39, 0.29) is 10.8 Å². The van der Waals surface area contributed by atoms with E-state index in [1.165, 1.54) is 63.8 Å². The third-order valence-corrected chi connectivity index (χ3v) is 11.8. The predicted molar refractivity (Wildman–Crippen MR) is 205 cm³/mol. The lowest BCUT2D eigenvalue weighted by molar-refractivity contribution is 0.0562. The number of ether oxygens (including phenoxy) is 3. The number of hydrogen-bond acceptors (Lipinski definition) is 9. The molecule has 4 aliphatic heterocycles. The van der Waals surface area contributed by atoms with E-state index in [1.807, 2.05) is 18.3 Å². The number of nitrogens with zero attached hydrogens (tertiary/aromatic N) is 5. The molecule has 5 heterocycles. The van der Waals surface area contributed by atoms with Crippen molar-refractivity contribution in [1.82, 2.24) is 19.7 Å². The van der Waals surface area contributed by atoms with Gasteiger partial charge in [-0.15, -0.1) is 0 Å². The molecular formula is C43H61N5O4. The number of nitriles is 1. The lowest BCUT2D eigenvalue weighted by Crippen LogP contribution is -2.44. The molecule has 0 unspecified atom stereocenters. The highest BCUT2D eigenvalue weighted by molar-refractivity contribution is 5.39. The number of likely N-dealkylation sites (tertiary alicyclic amines) is 3. The van der Waals surface area contributed by atoms with Crippen molar-refractivity contribution in [3.8, 4) is 17.6 Å². The fourth-order valence-electron chi connectivity index (χ4n) is 8.45. The summed E-state index contributed by atoms with van der Waals surface area (Å²) in [5, 5.41) is 9.86. The molecule has 4 aliphatic rings. The molecule has 0 spiro atoms. The number of hydrogen-bond donors (Lipinski definition) is 0. The molecule has 4 fully saturated rings. The zero-order chi connectivity index (χ0) is 36.1. The minimum Gasteiger partial charge on any atom is -0.494 e. The first-order valence-corrected chi connectivity index (χ1v) is 20.0. The van der Waals surface area contributed by atoms with E-state index in [2.05, 4.69) is 76.0 Å². The molecule has 3 aromatic rings. The minimum atomic E-state index is -0.334. The molecule has 1 aromatic heterocycles. The summed E-state index contributed by atoms with van der Waals surface area (Å²) in [4.78, 5) is 11.6. The van der Waals surface area contributed by atoms with E-state index in [9.17, 15) is 5.26 Å². The molecule has 9 nitrogen and oxygen atoms in total. The second-order valence-corrected chi connectivity index (χ2v) is 15.4. The van der Waals surface area contributed by atoms with Crippen LogP contribution in [0.25, 0.3) is 0 Å². The molecule has 282 valence electrons. The van der Waals surface area contributed by atoms with Gasteiger partial charge < -0.3 is 33.3 Å². The van der Waals surface area contributed by atoms with Crippen LogP contribution in [0.2, 0.25) is 0 Å². The molecule has 0 N–H and O–H groups in total. The number of oxazole rings is 1. The van der Waals surface area contributed by atoms with Gasteiger partial charge in [0.1, 0.15) is 17.3 Å². The van der Waals surface area contributed by atoms with E-state index in [1.54, 1.807) is 0 Å². The Morgan fingerprint density at radius 3 is 1.71 bits per heavy atom. The van der Waals surface area contributed by atoms with Crippen LogP contribution < -0.4 is 9.47 Å². The first kappa shape index (κ1) is 38.3. The van der Waals surface area contributed by atoms with Crippen molar-refractivity contribution in [3.63, 3.8) is 0 Å². The van der Waals surface area contributed by atoms with Crippen molar-refractivity contribution >= 4 is 0 Å². The van der Waals surface area contributed by atoms with Gasteiger partial charge in [-0.3, -0.25) is 0 Å². The Morgan fingerprint density at radius 2 is 1.25 bits per heavy atom. The zero-order valence-electron chi connectivity index (χ0n) is 31.8. The molecule has 0 atom stereocenters. The molecule has 2 aromatic carbocycles. The van der Waals surface area contributed by atoms with Gasteiger partial charge in [0.05, 0.1) is 36.3 Å². The maximum absolute atomic E-state index is 9.86. The van der Waals surface area contributed by atoms with Crippen LogP contribution in [0.4, 0.5) is 0 Å². The van der Waals surface area contributed by atoms with Crippen LogP contribution in [0, 0.1) is 11.3 Å². The first-order chi connectivity index (χ1) is 25.5. The summed E-state index contributed by atoms with van der Waals surface area (Å²) in [6, 6.07) is 20.0. The fraction of sp³-hybridized carbons (Fsp3) is 0.628.